The Labute approximate surface area is 154 Å². The van der Waals surface area contributed by atoms with Crippen LogP contribution in [0, 0.1) is 11.6 Å². The van der Waals surface area contributed by atoms with Crippen LogP contribution in [0.1, 0.15) is 22.3 Å². The van der Waals surface area contributed by atoms with Gasteiger partial charge in [-0.05, 0) is 31.2 Å². The summed E-state index contributed by atoms with van der Waals surface area (Å²) in [6.07, 6.45) is -4.67. The SMILES string of the molecule is CCn1nc(C(F)(F)F)cc1-c1sc(C(=O)Nc2ccccc2F)cc1F. The van der Waals surface area contributed by atoms with E-state index in [4.69, 9.17) is 0 Å². The molecule has 3 aromatic rings. The van der Waals surface area contributed by atoms with E-state index in [2.05, 4.69) is 10.4 Å². The lowest BCUT2D eigenvalue weighted by Gasteiger charge is -2.04. The maximum atomic E-state index is 14.3. The zero-order chi connectivity index (χ0) is 19.8. The van der Waals surface area contributed by atoms with Gasteiger partial charge in [0.15, 0.2) is 5.69 Å². The molecule has 2 aromatic heterocycles. The number of nitrogens with zero attached hydrogens (tertiary/aromatic N) is 2. The minimum atomic E-state index is -4.67. The highest BCUT2D eigenvalue weighted by molar-refractivity contribution is 7.17. The average Bonchev–Trinajstić information content (AvgIpc) is 3.19. The van der Waals surface area contributed by atoms with Gasteiger partial charge in [0.2, 0.25) is 0 Å². The summed E-state index contributed by atoms with van der Waals surface area (Å²) in [6.45, 7) is 1.65. The number of aromatic nitrogens is 2. The van der Waals surface area contributed by atoms with Gasteiger partial charge in [0, 0.05) is 6.54 Å². The quantitative estimate of drug-likeness (QED) is 0.613. The maximum Gasteiger partial charge on any atom is 0.435 e. The molecule has 0 atom stereocenters. The van der Waals surface area contributed by atoms with Gasteiger partial charge in [-0.3, -0.25) is 9.48 Å². The summed E-state index contributed by atoms with van der Waals surface area (Å²) in [7, 11) is 0. The Morgan fingerprint density at radius 2 is 1.89 bits per heavy atom. The molecule has 0 spiro atoms. The van der Waals surface area contributed by atoms with Crippen LogP contribution in [0.25, 0.3) is 10.6 Å². The molecule has 2 heterocycles. The van der Waals surface area contributed by atoms with Gasteiger partial charge in [-0.1, -0.05) is 12.1 Å². The highest BCUT2D eigenvalue weighted by Gasteiger charge is 2.35. The van der Waals surface area contributed by atoms with E-state index in [1.807, 2.05) is 0 Å². The molecule has 0 aliphatic rings. The zero-order valence-corrected chi connectivity index (χ0v) is 14.6. The van der Waals surface area contributed by atoms with Crippen LogP contribution in [0.15, 0.2) is 36.4 Å². The van der Waals surface area contributed by atoms with Crippen molar-refractivity contribution in [2.45, 2.75) is 19.6 Å². The van der Waals surface area contributed by atoms with Crippen LogP contribution >= 0.6 is 11.3 Å². The minimum Gasteiger partial charge on any atom is -0.319 e. The first-order valence-corrected chi connectivity index (χ1v) is 8.53. The molecule has 4 nitrogen and oxygen atoms in total. The van der Waals surface area contributed by atoms with Gasteiger partial charge in [-0.2, -0.15) is 18.3 Å². The number of benzene rings is 1. The molecule has 0 saturated heterocycles. The van der Waals surface area contributed by atoms with Gasteiger partial charge in [0.25, 0.3) is 5.91 Å². The molecule has 1 aromatic carbocycles. The maximum absolute atomic E-state index is 14.3. The molecule has 3 rings (SSSR count). The molecule has 0 aliphatic heterocycles. The van der Waals surface area contributed by atoms with Gasteiger partial charge in [0.1, 0.15) is 11.6 Å². The number of rotatable bonds is 4. The van der Waals surface area contributed by atoms with Crippen LogP contribution in [0.2, 0.25) is 0 Å². The standard InChI is InChI=1S/C17H12F5N3OS/c1-2-25-12(8-14(24-25)17(20,21)22)15-10(19)7-13(27-15)16(26)23-11-6-4-3-5-9(11)18/h3-8H,2H2,1H3,(H,23,26). The number of carbonyl (C=O) groups excluding carboxylic acids is 1. The Morgan fingerprint density at radius 3 is 2.52 bits per heavy atom. The third-order valence-corrected chi connectivity index (χ3v) is 4.77. The smallest absolute Gasteiger partial charge is 0.319 e. The Hall–Kier alpha value is -2.75. The van der Waals surface area contributed by atoms with Crippen LogP contribution < -0.4 is 5.32 Å². The van der Waals surface area contributed by atoms with E-state index in [0.717, 1.165) is 22.9 Å². The monoisotopic (exact) mass is 401 g/mol. The molecule has 0 saturated carbocycles. The number of hydrogen-bond donors (Lipinski definition) is 1. The Kier molecular flexibility index (Phi) is 5.01. The second-order valence-electron chi connectivity index (χ2n) is 5.45. The first kappa shape index (κ1) is 19.0. The van der Waals surface area contributed by atoms with Gasteiger partial charge in [0.05, 0.1) is 21.1 Å². The second kappa shape index (κ2) is 7.10. The first-order chi connectivity index (χ1) is 12.7. The summed E-state index contributed by atoms with van der Waals surface area (Å²) in [6, 6.07) is 7.07. The normalized spacial score (nSPS) is 11.6. The van der Waals surface area contributed by atoms with E-state index >= 15 is 0 Å². The number of nitrogens with one attached hydrogen (secondary N) is 1. The van der Waals surface area contributed by atoms with Gasteiger partial charge in [-0.25, -0.2) is 8.78 Å². The van der Waals surface area contributed by atoms with Crippen molar-refractivity contribution >= 4 is 22.9 Å². The molecule has 27 heavy (non-hydrogen) atoms. The number of amides is 1. The summed E-state index contributed by atoms with van der Waals surface area (Å²) in [4.78, 5) is 12.0. The minimum absolute atomic E-state index is 0.0828. The van der Waals surface area contributed by atoms with Gasteiger partial charge in [-0.15, -0.1) is 11.3 Å². The van der Waals surface area contributed by atoms with Crippen molar-refractivity contribution in [3.8, 4) is 10.6 Å². The molecule has 0 fully saturated rings. The number of aryl methyl sites for hydroxylation is 1. The highest BCUT2D eigenvalue weighted by atomic mass is 32.1. The number of anilines is 1. The molecule has 142 valence electrons. The number of hydrogen-bond acceptors (Lipinski definition) is 3. The van der Waals surface area contributed by atoms with Crippen LogP contribution in [-0.4, -0.2) is 15.7 Å². The summed E-state index contributed by atoms with van der Waals surface area (Å²) in [5, 5.41) is 5.74. The Balaban J connectivity index is 1.94. The molecule has 0 aliphatic carbocycles. The van der Waals surface area contributed by atoms with E-state index < -0.39 is 29.4 Å². The molecule has 1 N–H and O–H groups in total. The predicted octanol–water partition coefficient (Wildman–Crippen LogP) is 5.18. The first-order valence-electron chi connectivity index (χ1n) is 7.71. The van der Waals surface area contributed by atoms with E-state index in [1.54, 1.807) is 6.92 Å². The summed E-state index contributed by atoms with van der Waals surface area (Å²) in [5.74, 6) is -2.29. The predicted molar refractivity (Wildman–Crippen MR) is 90.5 cm³/mol. The van der Waals surface area contributed by atoms with Crippen molar-refractivity contribution in [2.75, 3.05) is 5.32 Å². The van der Waals surface area contributed by atoms with Crippen LogP contribution in [0.4, 0.5) is 27.6 Å². The summed E-state index contributed by atoms with van der Waals surface area (Å²) >= 11 is 0.662. The van der Waals surface area contributed by atoms with Crippen LogP contribution in [0.3, 0.4) is 0 Å². The fourth-order valence-electron chi connectivity index (χ4n) is 2.38. The molecule has 10 heteroatoms. The van der Waals surface area contributed by atoms with E-state index in [1.165, 1.54) is 18.2 Å². The lowest BCUT2D eigenvalue weighted by Crippen LogP contribution is -2.11. The third kappa shape index (κ3) is 3.85. The molecule has 1 amide bonds. The van der Waals surface area contributed by atoms with Crippen molar-refractivity contribution in [1.82, 2.24) is 9.78 Å². The Morgan fingerprint density at radius 1 is 1.19 bits per heavy atom. The van der Waals surface area contributed by atoms with Crippen LogP contribution in [0.5, 0.6) is 0 Å². The number of thiophene rings is 1. The fraction of sp³-hybridized carbons (Fsp3) is 0.176. The fourth-order valence-corrected chi connectivity index (χ4v) is 3.33. The summed E-state index contributed by atoms with van der Waals surface area (Å²) < 4.78 is 67.6. The van der Waals surface area contributed by atoms with Crippen molar-refractivity contribution in [3.63, 3.8) is 0 Å². The van der Waals surface area contributed by atoms with Crippen molar-refractivity contribution in [1.29, 1.82) is 0 Å². The lowest BCUT2D eigenvalue weighted by molar-refractivity contribution is -0.141. The van der Waals surface area contributed by atoms with Crippen LogP contribution in [-0.2, 0) is 12.7 Å². The number of para-hydroxylation sites is 1. The second-order valence-corrected chi connectivity index (χ2v) is 6.50. The van der Waals surface area contributed by atoms with Crippen molar-refractivity contribution in [3.05, 3.63) is 58.6 Å². The van der Waals surface area contributed by atoms with Crippen molar-refractivity contribution < 1.29 is 26.7 Å². The molecule has 0 radical (unpaired) electrons. The number of alkyl halides is 3. The summed E-state index contributed by atoms with van der Waals surface area (Å²) in [5.41, 5.74) is -1.32. The average molecular weight is 401 g/mol. The van der Waals surface area contributed by atoms with Gasteiger partial charge < -0.3 is 5.32 Å². The van der Waals surface area contributed by atoms with Gasteiger partial charge >= 0.3 is 6.18 Å². The number of halogens is 5. The third-order valence-electron chi connectivity index (χ3n) is 3.64. The van der Waals surface area contributed by atoms with E-state index in [-0.39, 0.29) is 27.7 Å². The molecule has 0 unspecified atom stereocenters. The largest absolute Gasteiger partial charge is 0.435 e. The molecular weight excluding hydrogens is 389 g/mol. The topological polar surface area (TPSA) is 46.9 Å². The highest BCUT2D eigenvalue weighted by Crippen LogP contribution is 2.36. The lowest BCUT2D eigenvalue weighted by atomic mass is 10.2. The Bertz CT molecular complexity index is 993. The number of carbonyl (C=O) groups is 1. The van der Waals surface area contributed by atoms with E-state index in [9.17, 15) is 26.7 Å². The zero-order valence-electron chi connectivity index (χ0n) is 13.8. The van der Waals surface area contributed by atoms with Crippen molar-refractivity contribution in [2.24, 2.45) is 0 Å². The molecular formula is C17H12F5N3OS. The molecule has 0 bridgehead atoms. The van der Waals surface area contributed by atoms with E-state index in [0.29, 0.717) is 11.3 Å².